The number of hydrogen-bond donors (Lipinski definition) is 2. The van der Waals surface area contributed by atoms with Gasteiger partial charge in [0.25, 0.3) is 0 Å². The Morgan fingerprint density at radius 2 is 1.71 bits per heavy atom. The fourth-order valence-electron chi connectivity index (χ4n) is 3.64. The van der Waals surface area contributed by atoms with Gasteiger partial charge in [-0.2, -0.15) is 0 Å². The first-order valence-electron chi connectivity index (χ1n) is 8.77. The van der Waals surface area contributed by atoms with E-state index in [1.54, 1.807) is 0 Å². The molecule has 0 heterocycles. The Labute approximate surface area is 128 Å². The van der Waals surface area contributed by atoms with Crippen LogP contribution in [0.4, 0.5) is 0 Å². The first-order valence-corrected chi connectivity index (χ1v) is 8.77. The monoisotopic (exact) mass is 297 g/mol. The van der Waals surface area contributed by atoms with Crippen LogP contribution in [0.25, 0.3) is 0 Å². The molecule has 2 rings (SSSR count). The zero-order valence-corrected chi connectivity index (χ0v) is 13.4. The van der Waals surface area contributed by atoms with Gasteiger partial charge in [-0.25, -0.2) is 0 Å². The number of carbonyl (C=O) groups is 1. The van der Waals surface area contributed by atoms with E-state index in [1.165, 1.54) is 25.7 Å². The lowest BCUT2D eigenvalue weighted by atomic mass is 9.85. The van der Waals surface area contributed by atoms with Crippen molar-refractivity contribution < 1.29 is 14.6 Å². The summed E-state index contributed by atoms with van der Waals surface area (Å²) in [5.41, 5.74) is 0. The lowest BCUT2D eigenvalue weighted by Gasteiger charge is -2.32. The van der Waals surface area contributed by atoms with E-state index in [-0.39, 0.29) is 36.7 Å². The van der Waals surface area contributed by atoms with Crippen LogP contribution in [0.3, 0.4) is 0 Å². The van der Waals surface area contributed by atoms with E-state index in [0.717, 1.165) is 38.5 Å². The summed E-state index contributed by atoms with van der Waals surface area (Å²) < 4.78 is 5.97. The van der Waals surface area contributed by atoms with Crippen LogP contribution in [-0.2, 0) is 9.53 Å². The Balaban J connectivity index is 1.78. The number of aliphatic hydroxyl groups is 1. The average molecular weight is 297 g/mol. The van der Waals surface area contributed by atoms with Crippen molar-refractivity contribution in [3.8, 4) is 0 Å². The molecule has 0 aromatic rings. The molecular formula is C17H31NO3. The van der Waals surface area contributed by atoms with Crippen molar-refractivity contribution in [2.75, 3.05) is 6.61 Å². The Morgan fingerprint density at radius 1 is 1.10 bits per heavy atom. The molecule has 4 nitrogen and oxygen atoms in total. The van der Waals surface area contributed by atoms with Crippen LogP contribution < -0.4 is 5.32 Å². The molecule has 0 aromatic heterocycles. The third-order valence-corrected chi connectivity index (χ3v) is 5.04. The smallest absolute Gasteiger partial charge is 0.249 e. The number of carbonyl (C=O) groups excluding carboxylic acids is 1. The van der Waals surface area contributed by atoms with E-state index in [0.29, 0.717) is 0 Å². The van der Waals surface area contributed by atoms with Gasteiger partial charge in [0.2, 0.25) is 5.91 Å². The predicted molar refractivity (Wildman–Crippen MR) is 83.0 cm³/mol. The number of rotatable bonds is 5. The van der Waals surface area contributed by atoms with E-state index in [9.17, 15) is 9.90 Å². The van der Waals surface area contributed by atoms with Crippen molar-refractivity contribution in [1.82, 2.24) is 5.32 Å². The first kappa shape index (κ1) is 16.8. The van der Waals surface area contributed by atoms with E-state index in [1.807, 2.05) is 6.92 Å². The minimum absolute atomic E-state index is 0.00963. The van der Waals surface area contributed by atoms with Crippen molar-refractivity contribution in [3.63, 3.8) is 0 Å². The van der Waals surface area contributed by atoms with Gasteiger partial charge in [-0.15, -0.1) is 0 Å². The fourth-order valence-corrected chi connectivity index (χ4v) is 3.64. The van der Waals surface area contributed by atoms with Crippen LogP contribution in [0.5, 0.6) is 0 Å². The SMILES string of the molecule is CC(OC1CCCCCC1)C(=O)NC1CCCCC1CO. The van der Waals surface area contributed by atoms with Crippen LogP contribution in [0.1, 0.15) is 71.1 Å². The standard InChI is InChI=1S/C17H31NO3/c1-13(21-15-9-4-2-3-5-10-15)17(20)18-16-11-7-6-8-14(16)12-19/h13-16,19H,2-12H2,1H3,(H,18,20). The molecular weight excluding hydrogens is 266 g/mol. The van der Waals surface area contributed by atoms with Crippen molar-refractivity contribution in [2.45, 2.75) is 89.4 Å². The van der Waals surface area contributed by atoms with Gasteiger partial charge in [0.05, 0.1) is 6.10 Å². The Morgan fingerprint density at radius 3 is 2.38 bits per heavy atom. The summed E-state index contributed by atoms with van der Waals surface area (Å²) in [7, 11) is 0. The van der Waals surface area contributed by atoms with Crippen LogP contribution in [0, 0.1) is 5.92 Å². The molecule has 4 heteroatoms. The van der Waals surface area contributed by atoms with Crippen LogP contribution in [0.2, 0.25) is 0 Å². The molecule has 2 aliphatic rings. The summed E-state index contributed by atoms with van der Waals surface area (Å²) in [4.78, 5) is 12.3. The third-order valence-electron chi connectivity index (χ3n) is 5.04. The Kier molecular flexibility index (Phi) is 6.97. The molecule has 2 N–H and O–H groups in total. The third kappa shape index (κ3) is 5.26. The van der Waals surface area contributed by atoms with Gasteiger partial charge in [-0.05, 0) is 32.6 Å². The molecule has 0 saturated heterocycles. The molecule has 122 valence electrons. The minimum atomic E-state index is -0.380. The quantitative estimate of drug-likeness (QED) is 0.767. The molecule has 21 heavy (non-hydrogen) atoms. The molecule has 3 unspecified atom stereocenters. The summed E-state index contributed by atoms with van der Waals surface area (Å²) in [5, 5.41) is 12.5. The lowest BCUT2D eigenvalue weighted by Crippen LogP contribution is -2.47. The topological polar surface area (TPSA) is 58.6 Å². The van der Waals surface area contributed by atoms with Crippen LogP contribution in [0.15, 0.2) is 0 Å². The van der Waals surface area contributed by atoms with Gasteiger partial charge >= 0.3 is 0 Å². The maximum atomic E-state index is 12.3. The Hall–Kier alpha value is -0.610. The highest BCUT2D eigenvalue weighted by molar-refractivity contribution is 5.80. The molecule has 0 bridgehead atoms. The maximum absolute atomic E-state index is 12.3. The van der Waals surface area contributed by atoms with Gasteiger partial charge < -0.3 is 15.2 Å². The first-order chi connectivity index (χ1) is 10.2. The van der Waals surface area contributed by atoms with Crippen LogP contribution >= 0.6 is 0 Å². The van der Waals surface area contributed by atoms with Crippen molar-refractivity contribution in [3.05, 3.63) is 0 Å². The van der Waals surface area contributed by atoms with Gasteiger partial charge in [0, 0.05) is 18.6 Å². The molecule has 0 radical (unpaired) electrons. The lowest BCUT2D eigenvalue weighted by molar-refractivity contribution is -0.137. The highest BCUT2D eigenvalue weighted by Crippen LogP contribution is 2.25. The normalized spacial score (nSPS) is 29.6. The van der Waals surface area contributed by atoms with Crippen LogP contribution in [-0.4, -0.2) is 35.9 Å². The molecule has 0 aromatic carbocycles. The molecule has 2 fully saturated rings. The Bertz CT molecular complexity index is 313. The zero-order chi connectivity index (χ0) is 15.1. The summed E-state index contributed by atoms with van der Waals surface area (Å²) in [6, 6.07) is 0.122. The molecule has 2 saturated carbocycles. The second-order valence-corrected chi connectivity index (χ2v) is 6.73. The highest BCUT2D eigenvalue weighted by atomic mass is 16.5. The molecule has 0 spiro atoms. The van der Waals surface area contributed by atoms with Crippen molar-refractivity contribution in [1.29, 1.82) is 0 Å². The highest BCUT2D eigenvalue weighted by Gasteiger charge is 2.28. The number of ether oxygens (including phenoxy) is 1. The van der Waals surface area contributed by atoms with Gasteiger partial charge in [0.15, 0.2) is 0 Å². The molecule has 3 atom stereocenters. The zero-order valence-electron chi connectivity index (χ0n) is 13.4. The average Bonchev–Trinajstić information content (AvgIpc) is 2.76. The number of hydrogen-bond acceptors (Lipinski definition) is 3. The number of aliphatic hydroxyl groups excluding tert-OH is 1. The van der Waals surface area contributed by atoms with E-state index >= 15 is 0 Å². The van der Waals surface area contributed by atoms with E-state index in [2.05, 4.69) is 5.32 Å². The molecule has 1 amide bonds. The van der Waals surface area contributed by atoms with Gasteiger partial charge in [-0.3, -0.25) is 4.79 Å². The largest absolute Gasteiger partial charge is 0.396 e. The van der Waals surface area contributed by atoms with Gasteiger partial charge in [-0.1, -0.05) is 38.5 Å². The fraction of sp³-hybridized carbons (Fsp3) is 0.941. The van der Waals surface area contributed by atoms with E-state index in [4.69, 9.17) is 4.74 Å². The predicted octanol–water partition coefficient (Wildman–Crippen LogP) is 2.78. The minimum Gasteiger partial charge on any atom is -0.396 e. The van der Waals surface area contributed by atoms with Crippen molar-refractivity contribution in [2.24, 2.45) is 5.92 Å². The second kappa shape index (κ2) is 8.74. The molecule has 2 aliphatic carbocycles. The second-order valence-electron chi connectivity index (χ2n) is 6.73. The summed E-state index contributed by atoms with van der Waals surface area (Å²) >= 11 is 0. The molecule has 0 aliphatic heterocycles. The number of amides is 1. The number of nitrogens with one attached hydrogen (secondary N) is 1. The summed E-state index contributed by atoms with van der Waals surface area (Å²) in [6.07, 6.45) is 11.3. The maximum Gasteiger partial charge on any atom is 0.249 e. The van der Waals surface area contributed by atoms with Crippen molar-refractivity contribution >= 4 is 5.91 Å². The van der Waals surface area contributed by atoms with E-state index < -0.39 is 0 Å². The summed E-state index contributed by atoms with van der Waals surface area (Å²) in [6.45, 7) is 2.03. The van der Waals surface area contributed by atoms with Gasteiger partial charge in [0.1, 0.15) is 6.10 Å². The summed E-state index contributed by atoms with van der Waals surface area (Å²) in [5.74, 6) is 0.206.